The fourth-order valence-corrected chi connectivity index (χ4v) is 4.30. The number of halogens is 4. The zero-order chi connectivity index (χ0) is 19.3. The van der Waals surface area contributed by atoms with Crippen molar-refractivity contribution in [3.63, 3.8) is 0 Å². The molecule has 0 aromatic heterocycles. The largest absolute Gasteiger partial charge is 0.478 e. The number of hydrogen-bond acceptors (Lipinski definition) is 2. The maximum absolute atomic E-state index is 13.1. The van der Waals surface area contributed by atoms with Crippen molar-refractivity contribution in [2.24, 2.45) is 5.92 Å². The zero-order valence-corrected chi connectivity index (χ0v) is 14.7. The Balaban J connectivity index is 1.80. The Kier molecular flexibility index (Phi) is 4.18. The molecule has 2 aromatic rings. The summed E-state index contributed by atoms with van der Waals surface area (Å²) >= 11 is 6.31. The second kappa shape index (κ2) is 6.30. The molecule has 0 spiro atoms. The number of benzene rings is 2. The Hall–Kier alpha value is -2.47. The molecule has 2 aromatic carbocycles. The smallest absolute Gasteiger partial charge is 0.416 e. The minimum atomic E-state index is -4.41. The van der Waals surface area contributed by atoms with Crippen LogP contribution in [0.15, 0.2) is 48.6 Å². The molecule has 27 heavy (non-hydrogen) atoms. The topological polar surface area (TPSA) is 49.3 Å². The highest BCUT2D eigenvalue weighted by atomic mass is 35.5. The van der Waals surface area contributed by atoms with Crippen LogP contribution in [0.2, 0.25) is 5.02 Å². The molecule has 3 atom stereocenters. The lowest BCUT2D eigenvalue weighted by atomic mass is 9.76. The molecular formula is C20H15ClF3NO2. The number of allylic oxidation sites excluding steroid dienone is 2. The van der Waals surface area contributed by atoms with E-state index in [1.54, 1.807) is 12.1 Å². The number of hydrogen-bond donors (Lipinski definition) is 2. The molecule has 0 fully saturated rings. The number of carboxylic acids is 1. The molecule has 0 bridgehead atoms. The summed E-state index contributed by atoms with van der Waals surface area (Å²) in [5, 5.41) is 12.8. The first-order valence-corrected chi connectivity index (χ1v) is 8.80. The van der Waals surface area contributed by atoms with Gasteiger partial charge in [-0.2, -0.15) is 13.2 Å². The van der Waals surface area contributed by atoms with Crippen LogP contribution >= 0.6 is 11.6 Å². The molecule has 0 unspecified atom stereocenters. The third-order valence-corrected chi connectivity index (χ3v) is 5.54. The fourth-order valence-electron chi connectivity index (χ4n) is 4.02. The highest BCUT2D eigenvalue weighted by Crippen LogP contribution is 2.52. The van der Waals surface area contributed by atoms with Crippen LogP contribution in [0.1, 0.15) is 45.4 Å². The SMILES string of the molecule is O=C(O)c1cc(Cl)c2c(c1)[C@@H]1C=CC[C@H]1[C@H](c1cccc(C(F)(F)F)c1)N2. The van der Waals surface area contributed by atoms with E-state index < -0.39 is 17.7 Å². The Labute approximate surface area is 158 Å². The van der Waals surface area contributed by atoms with E-state index in [1.165, 1.54) is 12.1 Å². The van der Waals surface area contributed by atoms with Gasteiger partial charge >= 0.3 is 12.1 Å². The van der Waals surface area contributed by atoms with Crippen LogP contribution in [0.3, 0.4) is 0 Å². The lowest BCUT2D eigenvalue weighted by Gasteiger charge is -2.38. The van der Waals surface area contributed by atoms with Gasteiger partial charge in [0.1, 0.15) is 0 Å². The average molecular weight is 394 g/mol. The van der Waals surface area contributed by atoms with Gasteiger partial charge in [-0.25, -0.2) is 4.79 Å². The molecule has 0 radical (unpaired) electrons. The van der Waals surface area contributed by atoms with Gasteiger partial charge in [0.25, 0.3) is 0 Å². The van der Waals surface area contributed by atoms with Crippen molar-refractivity contribution >= 4 is 23.3 Å². The number of anilines is 1. The van der Waals surface area contributed by atoms with Gasteiger partial charge in [0.15, 0.2) is 0 Å². The van der Waals surface area contributed by atoms with Crippen LogP contribution in [0.5, 0.6) is 0 Å². The van der Waals surface area contributed by atoms with Crippen LogP contribution < -0.4 is 5.32 Å². The number of aromatic carboxylic acids is 1. The van der Waals surface area contributed by atoms with Crippen LogP contribution in [0.4, 0.5) is 18.9 Å². The molecule has 3 nitrogen and oxygen atoms in total. The molecule has 1 aliphatic heterocycles. The summed E-state index contributed by atoms with van der Waals surface area (Å²) in [5.74, 6) is -1.18. The van der Waals surface area contributed by atoms with Gasteiger partial charge in [0, 0.05) is 5.92 Å². The summed E-state index contributed by atoms with van der Waals surface area (Å²) < 4.78 is 39.4. The third-order valence-electron chi connectivity index (χ3n) is 5.24. The summed E-state index contributed by atoms with van der Waals surface area (Å²) in [6, 6.07) is 7.89. The van der Waals surface area contributed by atoms with E-state index in [0.717, 1.165) is 17.7 Å². The Bertz CT molecular complexity index is 955. The molecular weight excluding hydrogens is 379 g/mol. The Morgan fingerprint density at radius 2 is 2.00 bits per heavy atom. The van der Waals surface area contributed by atoms with Crippen molar-refractivity contribution in [3.05, 3.63) is 75.8 Å². The van der Waals surface area contributed by atoms with Crippen LogP contribution in [-0.4, -0.2) is 11.1 Å². The summed E-state index contributed by atoms with van der Waals surface area (Å²) in [7, 11) is 0. The number of rotatable bonds is 2. The Morgan fingerprint density at radius 1 is 1.22 bits per heavy atom. The van der Waals surface area contributed by atoms with E-state index in [2.05, 4.69) is 5.32 Å². The summed E-state index contributed by atoms with van der Waals surface area (Å²) in [4.78, 5) is 11.3. The van der Waals surface area contributed by atoms with Gasteiger partial charge in [-0.15, -0.1) is 0 Å². The normalized spacial score (nSPS) is 23.5. The van der Waals surface area contributed by atoms with Gasteiger partial charge in [0.05, 0.1) is 27.9 Å². The number of carbonyl (C=O) groups is 1. The monoisotopic (exact) mass is 393 g/mol. The lowest BCUT2D eigenvalue weighted by Crippen LogP contribution is -2.29. The number of fused-ring (bicyclic) bond motifs is 3. The molecule has 0 saturated carbocycles. The minimum absolute atomic E-state index is 0.0129. The van der Waals surface area contributed by atoms with Crippen molar-refractivity contribution in [3.8, 4) is 0 Å². The molecule has 2 N–H and O–H groups in total. The molecule has 1 heterocycles. The van der Waals surface area contributed by atoms with Crippen LogP contribution in [0, 0.1) is 5.92 Å². The van der Waals surface area contributed by atoms with E-state index >= 15 is 0 Å². The van der Waals surface area contributed by atoms with E-state index in [1.807, 2.05) is 12.2 Å². The van der Waals surface area contributed by atoms with Gasteiger partial charge < -0.3 is 10.4 Å². The molecule has 4 rings (SSSR count). The van der Waals surface area contributed by atoms with Crippen molar-refractivity contribution < 1.29 is 23.1 Å². The molecule has 1 aliphatic carbocycles. The molecule has 7 heteroatoms. The maximum atomic E-state index is 13.1. The first-order chi connectivity index (χ1) is 12.8. The second-order valence-corrected chi connectivity index (χ2v) is 7.23. The van der Waals surface area contributed by atoms with Crippen molar-refractivity contribution in [2.75, 3.05) is 5.32 Å². The highest BCUT2D eigenvalue weighted by Gasteiger charge is 2.40. The lowest BCUT2D eigenvalue weighted by molar-refractivity contribution is -0.137. The summed E-state index contributed by atoms with van der Waals surface area (Å²) in [5.41, 5.74) is 1.28. The quantitative estimate of drug-likeness (QED) is 0.626. The molecule has 0 amide bonds. The van der Waals surface area contributed by atoms with Gasteiger partial charge in [-0.1, -0.05) is 35.9 Å². The van der Waals surface area contributed by atoms with Crippen LogP contribution in [0.25, 0.3) is 0 Å². The first-order valence-electron chi connectivity index (χ1n) is 8.43. The van der Waals surface area contributed by atoms with Gasteiger partial charge in [-0.05, 0) is 47.7 Å². The maximum Gasteiger partial charge on any atom is 0.416 e. The van der Waals surface area contributed by atoms with E-state index in [9.17, 15) is 23.1 Å². The fraction of sp³-hybridized carbons (Fsp3) is 0.250. The number of carboxylic acid groups (broad SMARTS) is 1. The Morgan fingerprint density at radius 3 is 2.70 bits per heavy atom. The predicted octanol–water partition coefficient (Wildman–Crippen LogP) is 5.88. The molecule has 140 valence electrons. The standard InChI is InChI=1S/C20H15ClF3NO2/c21-16-9-11(19(26)27)8-15-13-5-2-6-14(13)17(25-18(15)16)10-3-1-4-12(7-10)20(22,23)24/h1-5,7-9,13-14,17,25H,6H2,(H,26,27)/t13-,14-,17+/m1/s1. The number of nitrogens with one attached hydrogen (secondary N) is 1. The van der Waals surface area contributed by atoms with Crippen molar-refractivity contribution in [1.29, 1.82) is 0 Å². The minimum Gasteiger partial charge on any atom is -0.478 e. The molecule has 0 saturated heterocycles. The van der Waals surface area contributed by atoms with Crippen molar-refractivity contribution in [2.45, 2.75) is 24.6 Å². The third kappa shape index (κ3) is 3.08. The van der Waals surface area contributed by atoms with Gasteiger partial charge in [0.2, 0.25) is 0 Å². The van der Waals surface area contributed by atoms with Crippen molar-refractivity contribution in [1.82, 2.24) is 0 Å². The number of alkyl halides is 3. The second-order valence-electron chi connectivity index (χ2n) is 6.83. The predicted molar refractivity (Wildman–Crippen MR) is 96.2 cm³/mol. The zero-order valence-electron chi connectivity index (χ0n) is 13.9. The van der Waals surface area contributed by atoms with E-state index in [4.69, 9.17) is 11.6 Å². The summed E-state index contributed by atoms with van der Waals surface area (Å²) in [6.07, 6.45) is 0.234. The molecule has 2 aliphatic rings. The highest BCUT2D eigenvalue weighted by molar-refractivity contribution is 6.33. The van der Waals surface area contributed by atoms with Crippen LogP contribution in [-0.2, 0) is 6.18 Å². The van der Waals surface area contributed by atoms with E-state index in [-0.39, 0.29) is 28.5 Å². The van der Waals surface area contributed by atoms with E-state index in [0.29, 0.717) is 17.7 Å². The summed E-state index contributed by atoms with van der Waals surface area (Å²) in [6.45, 7) is 0. The first kappa shape index (κ1) is 17.9. The average Bonchev–Trinajstić information content (AvgIpc) is 3.10. The van der Waals surface area contributed by atoms with Gasteiger partial charge in [-0.3, -0.25) is 0 Å².